The molecular weight excluding hydrogens is 375 g/mol. The van der Waals surface area contributed by atoms with Crippen LogP contribution in [-0.2, 0) is 6.54 Å². The van der Waals surface area contributed by atoms with Crippen molar-refractivity contribution in [1.82, 2.24) is 0 Å². The maximum absolute atomic E-state index is 8.96. The first-order valence-electron chi connectivity index (χ1n) is 6.00. The first kappa shape index (κ1) is 16.0. The largest absolute Gasteiger partial charge is 0.495 e. The Morgan fingerprint density at radius 2 is 1.90 bits per heavy atom. The van der Waals surface area contributed by atoms with Crippen molar-refractivity contribution in [3.8, 4) is 11.8 Å². The Bertz CT molecular complexity index is 690. The van der Waals surface area contributed by atoms with Crippen LogP contribution in [0.2, 0.25) is 10.0 Å². The first-order chi connectivity index (χ1) is 10.0. The minimum atomic E-state index is 0.501. The molecule has 3 nitrogen and oxygen atoms in total. The fourth-order valence-corrected chi connectivity index (χ4v) is 3.18. The first-order valence-corrected chi connectivity index (χ1v) is 7.55. The van der Waals surface area contributed by atoms with E-state index in [2.05, 4.69) is 27.3 Å². The van der Waals surface area contributed by atoms with Crippen LogP contribution in [0.25, 0.3) is 0 Å². The third-order valence-corrected chi connectivity index (χ3v) is 3.92. The van der Waals surface area contributed by atoms with Crippen LogP contribution in [0.1, 0.15) is 11.1 Å². The summed E-state index contributed by atoms with van der Waals surface area (Å²) in [6.45, 7) is 0.517. The molecule has 0 fully saturated rings. The number of anilines is 1. The lowest BCUT2D eigenvalue weighted by atomic mass is 10.1. The normalized spacial score (nSPS) is 10.0. The summed E-state index contributed by atoms with van der Waals surface area (Å²) in [5, 5.41) is 13.2. The minimum absolute atomic E-state index is 0.501. The minimum Gasteiger partial charge on any atom is -0.495 e. The Morgan fingerprint density at radius 3 is 2.48 bits per heavy atom. The fraction of sp³-hybridized carbons (Fsp3) is 0.133. The van der Waals surface area contributed by atoms with E-state index >= 15 is 0 Å². The average Bonchev–Trinajstić information content (AvgIpc) is 2.45. The zero-order valence-corrected chi connectivity index (χ0v) is 14.2. The van der Waals surface area contributed by atoms with Gasteiger partial charge >= 0.3 is 0 Å². The molecule has 0 saturated heterocycles. The summed E-state index contributed by atoms with van der Waals surface area (Å²) in [7, 11) is 1.54. The van der Waals surface area contributed by atoms with E-state index in [-0.39, 0.29) is 0 Å². The number of ether oxygens (including phenoxy) is 1. The lowest BCUT2D eigenvalue weighted by Gasteiger charge is -2.12. The molecule has 0 aliphatic carbocycles. The van der Waals surface area contributed by atoms with Crippen LogP contribution in [0, 0.1) is 11.3 Å². The van der Waals surface area contributed by atoms with Gasteiger partial charge in [-0.05, 0) is 29.8 Å². The predicted molar refractivity (Wildman–Crippen MR) is 89.2 cm³/mol. The van der Waals surface area contributed by atoms with Gasteiger partial charge in [-0.25, -0.2) is 0 Å². The highest BCUT2D eigenvalue weighted by molar-refractivity contribution is 9.10. The monoisotopic (exact) mass is 384 g/mol. The van der Waals surface area contributed by atoms with Crippen LogP contribution in [0.3, 0.4) is 0 Å². The van der Waals surface area contributed by atoms with Gasteiger partial charge in [0.1, 0.15) is 11.8 Å². The molecule has 108 valence electrons. The van der Waals surface area contributed by atoms with Crippen molar-refractivity contribution in [2.24, 2.45) is 0 Å². The lowest BCUT2D eigenvalue weighted by Crippen LogP contribution is -2.01. The third-order valence-electron chi connectivity index (χ3n) is 2.86. The highest BCUT2D eigenvalue weighted by Crippen LogP contribution is 2.34. The van der Waals surface area contributed by atoms with Gasteiger partial charge in [0.15, 0.2) is 0 Å². The standard InChI is InChI=1S/C15H11BrCl2N2O/c1-21-14-4-9(2-3-10(14)7-19)8-20-15-12(17)5-11(16)6-13(15)18/h2-6,20H,8H2,1H3. The molecule has 2 aromatic carbocycles. The summed E-state index contributed by atoms with van der Waals surface area (Å²) in [6, 6.07) is 11.0. The summed E-state index contributed by atoms with van der Waals surface area (Å²) < 4.78 is 6.01. The molecule has 0 saturated carbocycles. The van der Waals surface area contributed by atoms with Crippen molar-refractivity contribution in [3.63, 3.8) is 0 Å². The molecule has 0 radical (unpaired) electrons. The van der Waals surface area contributed by atoms with E-state index < -0.39 is 0 Å². The fourth-order valence-electron chi connectivity index (χ4n) is 1.84. The maximum Gasteiger partial charge on any atom is 0.136 e. The number of methoxy groups -OCH3 is 1. The number of nitrogens with zero attached hydrogens (tertiary/aromatic N) is 1. The van der Waals surface area contributed by atoms with Crippen LogP contribution in [0.5, 0.6) is 5.75 Å². The van der Waals surface area contributed by atoms with Crippen molar-refractivity contribution in [3.05, 3.63) is 56.0 Å². The van der Waals surface area contributed by atoms with E-state index in [9.17, 15) is 0 Å². The van der Waals surface area contributed by atoms with E-state index in [1.54, 1.807) is 18.2 Å². The second-order valence-electron chi connectivity index (χ2n) is 4.24. The molecule has 0 unspecified atom stereocenters. The molecule has 0 aliphatic heterocycles. The predicted octanol–water partition coefficient (Wildman–Crippen LogP) is 5.25. The van der Waals surface area contributed by atoms with Crippen molar-refractivity contribution in [2.75, 3.05) is 12.4 Å². The van der Waals surface area contributed by atoms with E-state index in [1.807, 2.05) is 12.1 Å². The third kappa shape index (κ3) is 3.82. The topological polar surface area (TPSA) is 45.0 Å². The Labute approximate surface area is 141 Å². The second kappa shape index (κ2) is 7.04. The van der Waals surface area contributed by atoms with Gasteiger partial charge in [-0.2, -0.15) is 5.26 Å². The lowest BCUT2D eigenvalue weighted by molar-refractivity contribution is 0.413. The highest BCUT2D eigenvalue weighted by Gasteiger charge is 2.08. The van der Waals surface area contributed by atoms with Gasteiger partial charge in [-0.15, -0.1) is 0 Å². The molecule has 6 heteroatoms. The van der Waals surface area contributed by atoms with Crippen molar-refractivity contribution >= 4 is 44.8 Å². The SMILES string of the molecule is COc1cc(CNc2c(Cl)cc(Br)cc2Cl)ccc1C#N. The van der Waals surface area contributed by atoms with E-state index in [0.717, 1.165) is 10.0 Å². The summed E-state index contributed by atoms with van der Waals surface area (Å²) in [5.74, 6) is 0.546. The molecule has 21 heavy (non-hydrogen) atoms. The van der Waals surface area contributed by atoms with Crippen LogP contribution in [0.15, 0.2) is 34.8 Å². The van der Waals surface area contributed by atoms with Crippen LogP contribution < -0.4 is 10.1 Å². The Balaban J connectivity index is 2.19. The van der Waals surface area contributed by atoms with Crippen molar-refractivity contribution in [2.45, 2.75) is 6.54 Å². The molecule has 0 aromatic heterocycles. The average molecular weight is 386 g/mol. The molecule has 0 spiro atoms. The van der Waals surface area contributed by atoms with E-state index in [0.29, 0.717) is 33.6 Å². The molecule has 0 aliphatic rings. The number of benzene rings is 2. The number of nitrogens with one attached hydrogen (secondary N) is 1. The van der Waals surface area contributed by atoms with Crippen LogP contribution in [-0.4, -0.2) is 7.11 Å². The van der Waals surface area contributed by atoms with Gasteiger partial charge in [0, 0.05) is 11.0 Å². The summed E-state index contributed by atoms with van der Waals surface area (Å²) in [5.41, 5.74) is 2.13. The van der Waals surface area contributed by atoms with Crippen LogP contribution in [0.4, 0.5) is 5.69 Å². The molecule has 2 rings (SSSR count). The Morgan fingerprint density at radius 1 is 1.24 bits per heavy atom. The molecular formula is C15H11BrCl2N2O. The van der Waals surface area contributed by atoms with Gasteiger partial charge < -0.3 is 10.1 Å². The number of rotatable bonds is 4. The zero-order valence-electron chi connectivity index (χ0n) is 11.1. The van der Waals surface area contributed by atoms with Crippen LogP contribution >= 0.6 is 39.1 Å². The number of hydrogen-bond acceptors (Lipinski definition) is 3. The molecule has 0 heterocycles. The van der Waals surface area contributed by atoms with Gasteiger partial charge in [-0.3, -0.25) is 0 Å². The molecule has 1 N–H and O–H groups in total. The molecule has 0 atom stereocenters. The number of hydrogen-bond donors (Lipinski definition) is 1. The van der Waals surface area contributed by atoms with E-state index in [1.165, 1.54) is 7.11 Å². The maximum atomic E-state index is 8.96. The van der Waals surface area contributed by atoms with Gasteiger partial charge in [-0.1, -0.05) is 45.2 Å². The Hall–Kier alpha value is -1.41. The number of nitriles is 1. The molecule has 2 aromatic rings. The quantitative estimate of drug-likeness (QED) is 0.781. The highest BCUT2D eigenvalue weighted by atomic mass is 79.9. The number of halogens is 3. The van der Waals surface area contributed by atoms with Gasteiger partial charge in [0.05, 0.1) is 28.4 Å². The van der Waals surface area contributed by atoms with E-state index in [4.69, 9.17) is 33.2 Å². The molecule has 0 amide bonds. The summed E-state index contributed by atoms with van der Waals surface area (Å²) >= 11 is 15.7. The van der Waals surface area contributed by atoms with Crippen molar-refractivity contribution < 1.29 is 4.74 Å². The summed E-state index contributed by atoms with van der Waals surface area (Å²) in [4.78, 5) is 0. The smallest absolute Gasteiger partial charge is 0.136 e. The van der Waals surface area contributed by atoms with Gasteiger partial charge in [0.25, 0.3) is 0 Å². The second-order valence-corrected chi connectivity index (χ2v) is 5.97. The Kier molecular flexibility index (Phi) is 5.35. The molecule has 0 bridgehead atoms. The zero-order chi connectivity index (χ0) is 15.4. The van der Waals surface area contributed by atoms with Gasteiger partial charge in [0.2, 0.25) is 0 Å². The van der Waals surface area contributed by atoms with Crippen molar-refractivity contribution in [1.29, 1.82) is 5.26 Å². The summed E-state index contributed by atoms with van der Waals surface area (Å²) in [6.07, 6.45) is 0.